The Hall–Kier alpha value is -2.87. The molecule has 33 heavy (non-hydrogen) atoms. The Balaban J connectivity index is 1.80. The zero-order valence-electron chi connectivity index (χ0n) is 18.5. The molecular weight excluding hydrogens is 460 g/mol. The van der Waals surface area contributed by atoms with Crippen LogP contribution < -0.4 is 14.8 Å². The third kappa shape index (κ3) is 7.05. The lowest BCUT2D eigenvalue weighted by atomic mass is 10.1. The molecule has 3 aromatic rings. The predicted molar refractivity (Wildman–Crippen MR) is 130 cm³/mol. The molecule has 0 aromatic heterocycles. The van der Waals surface area contributed by atoms with Crippen molar-refractivity contribution in [3.63, 3.8) is 0 Å². The maximum absolute atomic E-state index is 13.1. The van der Waals surface area contributed by atoms with Gasteiger partial charge >= 0.3 is 0 Å². The molecule has 0 aliphatic rings. The number of aryl methyl sites for hydroxylation is 1. The third-order valence-corrected chi connectivity index (χ3v) is 6.75. The molecule has 3 rings (SSSR count). The SMILES string of the molecule is CCOc1ccc(S(=O)(=O)N[C@H](Cc2ccccc2)C(=O)NCc2ccc(Cl)cc2)cc1C. The van der Waals surface area contributed by atoms with Crippen molar-refractivity contribution >= 4 is 27.5 Å². The highest BCUT2D eigenvalue weighted by Gasteiger charge is 2.26. The van der Waals surface area contributed by atoms with Gasteiger partial charge < -0.3 is 10.1 Å². The van der Waals surface area contributed by atoms with Crippen molar-refractivity contribution < 1.29 is 17.9 Å². The molecule has 0 spiro atoms. The van der Waals surface area contributed by atoms with Crippen LogP contribution in [0.1, 0.15) is 23.6 Å². The van der Waals surface area contributed by atoms with Crippen molar-refractivity contribution in [1.82, 2.24) is 10.0 Å². The lowest BCUT2D eigenvalue weighted by molar-refractivity contribution is -0.122. The second kappa shape index (κ2) is 11.3. The van der Waals surface area contributed by atoms with E-state index in [0.29, 0.717) is 22.9 Å². The summed E-state index contributed by atoms with van der Waals surface area (Å²) in [6, 6.07) is 20.0. The highest BCUT2D eigenvalue weighted by molar-refractivity contribution is 7.89. The summed E-state index contributed by atoms with van der Waals surface area (Å²) >= 11 is 5.91. The van der Waals surface area contributed by atoms with Crippen LogP contribution in [0.4, 0.5) is 0 Å². The van der Waals surface area contributed by atoms with Crippen molar-refractivity contribution in [2.24, 2.45) is 0 Å². The van der Waals surface area contributed by atoms with Gasteiger partial charge in [-0.15, -0.1) is 0 Å². The highest BCUT2D eigenvalue weighted by atomic mass is 35.5. The summed E-state index contributed by atoms with van der Waals surface area (Å²) in [5.41, 5.74) is 2.40. The molecule has 0 saturated heterocycles. The Bertz CT molecular complexity index is 1180. The molecule has 6 nitrogen and oxygen atoms in total. The topological polar surface area (TPSA) is 84.5 Å². The van der Waals surface area contributed by atoms with Crippen LogP contribution in [0, 0.1) is 6.92 Å². The Morgan fingerprint density at radius 1 is 1.00 bits per heavy atom. The molecule has 2 N–H and O–H groups in total. The lowest BCUT2D eigenvalue weighted by Crippen LogP contribution is -2.47. The lowest BCUT2D eigenvalue weighted by Gasteiger charge is -2.19. The molecule has 0 radical (unpaired) electrons. The number of ether oxygens (including phenoxy) is 1. The van der Waals surface area contributed by atoms with E-state index in [9.17, 15) is 13.2 Å². The summed E-state index contributed by atoms with van der Waals surface area (Å²) in [5.74, 6) is 0.207. The number of benzene rings is 3. The predicted octanol–water partition coefficient (Wildman–Crippen LogP) is 4.25. The van der Waals surface area contributed by atoms with E-state index >= 15 is 0 Å². The van der Waals surface area contributed by atoms with Gasteiger partial charge in [-0.05, 0) is 67.3 Å². The minimum absolute atomic E-state index is 0.0759. The average Bonchev–Trinajstić information content (AvgIpc) is 2.80. The Morgan fingerprint density at radius 3 is 2.33 bits per heavy atom. The normalized spacial score (nSPS) is 12.2. The van der Waals surface area contributed by atoms with Crippen molar-refractivity contribution in [3.8, 4) is 5.75 Å². The second-order valence-electron chi connectivity index (χ2n) is 7.57. The maximum Gasteiger partial charge on any atom is 0.241 e. The van der Waals surface area contributed by atoms with E-state index in [4.69, 9.17) is 16.3 Å². The van der Waals surface area contributed by atoms with Gasteiger partial charge in [0.15, 0.2) is 0 Å². The van der Waals surface area contributed by atoms with Crippen LogP contribution in [0.15, 0.2) is 77.7 Å². The molecular formula is C25H27ClN2O4S. The van der Waals surface area contributed by atoms with E-state index in [0.717, 1.165) is 11.1 Å². The molecule has 0 heterocycles. The number of nitrogens with one attached hydrogen (secondary N) is 2. The summed E-state index contributed by atoms with van der Waals surface area (Å²) in [4.78, 5) is 13.1. The first-order valence-corrected chi connectivity index (χ1v) is 12.5. The standard InChI is InChI=1S/C25H27ClN2O4S/c1-3-32-24-14-13-22(15-18(24)2)33(30,31)28-23(16-19-7-5-4-6-8-19)25(29)27-17-20-9-11-21(26)12-10-20/h4-15,23,28H,3,16-17H2,1-2H3,(H,27,29)/t23-/m1/s1. The smallest absolute Gasteiger partial charge is 0.241 e. The quantitative estimate of drug-likeness (QED) is 0.448. The molecule has 0 bridgehead atoms. The first-order chi connectivity index (χ1) is 15.8. The summed E-state index contributed by atoms with van der Waals surface area (Å²) in [7, 11) is -3.95. The van der Waals surface area contributed by atoms with Crippen LogP contribution in [0.5, 0.6) is 5.75 Å². The summed E-state index contributed by atoms with van der Waals surface area (Å²) in [6.45, 7) is 4.38. The molecule has 1 amide bonds. The molecule has 3 aromatic carbocycles. The molecule has 0 aliphatic heterocycles. The average molecular weight is 487 g/mol. The zero-order chi connectivity index (χ0) is 23.8. The number of rotatable bonds is 10. The summed E-state index contributed by atoms with van der Waals surface area (Å²) < 4.78 is 34.3. The molecule has 174 valence electrons. The van der Waals surface area contributed by atoms with Crippen LogP contribution in [-0.4, -0.2) is 27.0 Å². The van der Waals surface area contributed by atoms with Gasteiger partial charge in [-0.1, -0.05) is 54.1 Å². The fourth-order valence-corrected chi connectivity index (χ4v) is 4.72. The monoisotopic (exact) mass is 486 g/mol. The van der Waals surface area contributed by atoms with Crippen LogP contribution in [0.2, 0.25) is 5.02 Å². The van der Waals surface area contributed by atoms with Crippen molar-refractivity contribution in [3.05, 3.63) is 94.5 Å². The third-order valence-electron chi connectivity index (χ3n) is 5.03. The molecule has 0 aliphatic carbocycles. The van der Waals surface area contributed by atoms with E-state index in [-0.39, 0.29) is 17.9 Å². The van der Waals surface area contributed by atoms with Crippen LogP contribution in [-0.2, 0) is 27.8 Å². The van der Waals surface area contributed by atoms with E-state index in [2.05, 4.69) is 10.0 Å². The Morgan fingerprint density at radius 2 is 1.70 bits per heavy atom. The Kier molecular flexibility index (Phi) is 8.49. The van der Waals surface area contributed by atoms with Crippen LogP contribution >= 0.6 is 11.6 Å². The number of amides is 1. The minimum atomic E-state index is -3.95. The van der Waals surface area contributed by atoms with E-state index in [1.54, 1.807) is 31.2 Å². The molecule has 8 heteroatoms. The van der Waals surface area contributed by atoms with Gasteiger partial charge in [0.25, 0.3) is 0 Å². The molecule has 0 fully saturated rings. The second-order valence-corrected chi connectivity index (χ2v) is 9.72. The van der Waals surface area contributed by atoms with Crippen molar-refractivity contribution in [2.45, 2.75) is 37.8 Å². The van der Waals surface area contributed by atoms with Gasteiger partial charge in [-0.25, -0.2) is 8.42 Å². The van der Waals surface area contributed by atoms with Crippen molar-refractivity contribution in [2.75, 3.05) is 6.61 Å². The summed E-state index contributed by atoms with van der Waals surface area (Å²) in [6.07, 6.45) is 0.211. The highest BCUT2D eigenvalue weighted by Crippen LogP contribution is 2.22. The largest absolute Gasteiger partial charge is 0.494 e. The number of carbonyl (C=O) groups excluding carboxylic acids is 1. The number of hydrogen-bond donors (Lipinski definition) is 2. The minimum Gasteiger partial charge on any atom is -0.494 e. The zero-order valence-corrected chi connectivity index (χ0v) is 20.1. The molecule has 0 saturated carbocycles. The number of sulfonamides is 1. The molecule has 1 atom stereocenters. The van der Waals surface area contributed by atoms with Gasteiger partial charge in [0, 0.05) is 11.6 Å². The van der Waals surface area contributed by atoms with Crippen LogP contribution in [0.25, 0.3) is 0 Å². The van der Waals surface area contributed by atoms with Gasteiger partial charge in [-0.3, -0.25) is 4.79 Å². The van der Waals surface area contributed by atoms with E-state index in [1.807, 2.05) is 49.4 Å². The first kappa shape index (κ1) is 24.8. The Labute approximate surface area is 200 Å². The number of carbonyl (C=O) groups is 1. The van der Waals surface area contributed by atoms with E-state index in [1.165, 1.54) is 6.07 Å². The summed E-state index contributed by atoms with van der Waals surface area (Å²) in [5, 5.41) is 3.42. The van der Waals surface area contributed by atoms with Crippen LogP contribution in [0.3, 0.4) is 0 Å². The first-order valence-electron chi connectivity index (χ1n) is 10.6. The van der Waals surface area contributed by atoms with E-state index < -0.39 is 22.0 Å². The fraction of sp³-hybridized carbons (Fsp3) is 0.240. The van der Waals surface area contributed by atoms with Crippen molar-refractivity contribution in [1.29, 1.82) is 0 Å². The van der Waals surface area contributed by atoms with Gasteiger partial charge in [0.1, 0.15) is 11.8 Å². The van der Waals surface area contributed by atoms with Gasteiger partial charge in [0.05, 0.1) is 11.5 Å². The number of hydrogen-bond acceptors (Lipinski definition) is 4. The number of halogens is 1. The van der Waals surface area contributed by atoms with Gasteiger partial charge in [-0.2, -0.15) is 4.72 Å². The van der Waals surface area contributed by atoms with Gasteiger partial charge in [0.2, 0.25) is 15.9 Å². The fourth-order valence-electron chi connectivity index (χ4n) is 3.31. The molecule has 0 unspecified atom stereocenters. The maximum atomic E-state index is 13.1.